The minimum absolute atomic E-state index is 0.515. The number of hydrogen-bond donors (Lipinski definition) is 1. The van der Waals surface area contributed by atoms with E-state index in [2.05, 4.69) is 32.6 Å². The van der Waals surface area contributed by atoms with Crippen LogP contribution in [0.3, 0.4) is 0 Å². The molecule has 126 valence electrons. The number of rotatable bonds is 9. The third-order valence-electron chi connectivity index (χ3n) is 3.50. The van der Waals surface area contributed by atoms with Gasteiger partial charge < -0.3 is 9.84 Å². The molecule has 1 aromatic carbocycles. The van der Waals surface area contributed by atoms with Crippen molar-refractivity contribution in [3.8, 4) is 5.75 Å². The van der Waals surface area contributed by atoms with Crippen LogP contribution in [0.5, 0.6) is 5.75 Å². The van der Waals surface area contributed by atoms with Crippen molar-refractivity contribution in [3.05, 3.63) is 29.3 Å². The molecule has 0 saturated heterocycles. The van der Waals surface area contributed by atoms with Crippen molar-refractivity contribution in [1.29, 1.82) is 0 Å². The summed E-state index contributed by atoms with van der Waals surface area (Å²) in [6.45, 7) is 16.2. The normalized spacial score (nSPS) is 13.2. The van der Waals surface area contributed by atoms with Gasteiger partial charge in [0, 0.05) is 25.2 Å². The van der Waals surface area contributed by atoms with E-state index < -0.39 is 6.10 Å². The number of ether oxygens (including phenoxy) is 1. The zero-order chi connectivity index (χ0) is 16.7. The maximum absolute atomic E-state index is 10.7. The van der Waals surface area contributed by atoms with E-state index in [0.29, 0.717) is 25.0 Å². The van der Waals surface area contributed by atoms with E-state index >= 15 is 0 Å². The lowest BCUT2D eigenvalue weighted by Crippen LogP contribution is -2.35. The summed E-state index contributed by atoms with van der Waals surface area (Å²) in [6, 6.07) is 6.03. The highest BCUT2D eigenvalue weighted by molar-refractivity contribution is 5.38. The molecule has 0 fully saturated rings. The highest BCUT2D eigenvalue weighted by Crippen LogP contribution is 2.27. The first kappa shape index (κ1) is 19.0. The molecule has 0 bridgehead atoms. The van der Waals surface area contributed by atoms with E-state index in [-0.39, 0.29) is 0 Å². The SMILES string of the molecule is CCOc1ccc(C)cc1C(O)CN(CC(C)C)CC(C)C. The Balaban J connectivity index is 2.88. The van der Waals surface area contributed by atoms with Gasteiger partial charge in [0.25, 0.3) is 0 Å². The molecule has 3 heteroatoms. The molecular weight excluding hydrogens is 274 g/mol. The van der Waals surface area contributed by atoms with Gasteiger partial charge in [-0.05, 0) is 37.8 Å². The summed E-state index contributed by atoms with van der Waals surface area (Å²) < 4.78 is 5.68. The molecule has 0 aliphatic carbocycles. The average Bonchev–Trinajstić information content (AvgIpc) is 2.39. The Hall–Kier alpha value is -1.06. The fourth-order valence-corrected chi connectivity index (χ4v) is 2.81. The molecule has 0 aliphatic rings. The van der Waals surface area contributed by atoms with Crippen LogP contribution in [-0.4, -0.2) is 36.2 Å². The van der Waals surface area contributed by atoms with Crippen molar-refractivity contribution in [2.24, 2.45) is 11.8 Å². The number of aryl methyl sites for hydroxylation is 1. The second-order valence-corrected chi connectivity index (χ2v) is 7.00. The van der Waals surface area contributed by atoms with Crippen molar-refractivity contribution in [1.82, 2.24) is 4.90 Å². The van der Waals surface area contributed by atoms with E-state index in [9.17, 15) is 5.11 Å². The van der Waals surface area contributed by atoms with Crippen LogP contribution in [0.1, 0.15) is 51.8 Å². The van der Waals surface area contributed by atoms with Crippen molar-refractivity contribution in [3.63, 3.8) is 0 Å². The van der Waals surface area contributed by atoms with Crippen LogP contribution in [0.15, 0.2) is 18.2 Å². The molecule has 0 aromatic heterocycles. The smallest absolute Gasteiger partial charge is 0.125 e. The largest absolute Gasteiger partial charge is 0.493 e. The van der Waals surface area contributed by atoms with Crippen LogP contribution in [0.4, 0.5) is 0 Å². The molecular formula is C19H33NO2. The second-order valence-electron chi connectivity index (χ2n) is 7.00. The quantitative estimate of drug-likeness (QED) is 0.747. The van der Waals surface area contributed by atoms with E-state index in [1.54, 1.807) is 0 Å². The fourth-order valence-electron chi connectivity index (χ4n) is 2.81. The number of nitrogens with zero attached hydrogens (tertiary/aromatic N) is 1. The van der Waals surface area contributed by atoms with Crippen LogP contribution in [0.2, 0.25) is 0 Å². The van der Waals surface area contributed by atoms with Gasteiger partial charge in [-0.15, -0.1) is 0 Å². The van der Waals surface area contributed by atoms with E-state index in [4.69, 9.17) is 4.74 Å². The third-order valence-corrected chi connectivity index (χ3v) is 3.50. The number of aliphatic hydroxyl groups is 1. The zero-order valence-corrected chi connectivity index (χ0v) is 15.1. The molecule has 0 saturated carbocycles. The Kier molecular flexibility index (Phi) is 7.91. The Morgan fingerprint density at radius 3 is 2.14 bits per heavy atom. The fraction of sp³-hybridized carbons (Fsp3) is 0.684. The zero-order valence-electron chi connectivity index (χ0n) is 15.1. The summed E-state index contributed by atoms with van der Waals surface area (Å²) in [5.41, 5.74) is 2.05. The second kappa shape index (κ2) is 9.16. The molecule has 0 amide bonds. The molecule has 3 nitrogen and oxygen atoms in total. The van der Waals surface area contributed by atoms with Gasteiger partial charge in [0.2, 0.25) is 0 Å². The first-order valence-corrected chi connectivity index (χ1v) is 8.47. The van der Waals surface area contributed by atoms with Crippen molar-refractivity contribution in [2.45, 2.75) is 47.6 Å². The summed E-state index contributed by atoms with van der Waals surface area (Å²) >= 11 is 0. The molecule has 22 heavy (non-hydrogen) atoms. The predicted octanol–water partition coefficient (Wildman–Crippen LogP) is 4.04. The summed E-state index contributed by atoms with van der Waals surface area (Å²) in [4.78, 5) is 2.36. The Morgan fingerprint density at radius 2 is 1.64 bits per heavy atom. The third kappa shape index (κ3) is 6.37. The van der Waals surface area contributed by atoms with Crippen molar-refractivity contribution in [2.75, 3.05) is 26.2 Å². The van der Waals surface area contributed by atoms with Gasteiger partial charge in [0.1, 0.15) is 5.75 Å². The van der Waals surface area contributed by atoms with E-state index in [1.807, 2.05) is 32.0 Å². The Labute approximate surface area is 136 Å². The molecule has 0 aliphatic heterocycles. The van der Waals surface area contributed by atoms with Gasteiger partial charge in [0.05, 0.1) is 12.7 Å². The van der Waals surface area contributed by atoms with Crippen LogP contribution in [-0.2, 0) is 0 Å². The predicted molar refractivity (Wildman–Crippen MR) is 93.4 cm³/mol. The molecule has 1 N–H and O–H groups in total. The molecule has 0 heterocycles. The molecule has 1 rings (SSSR count). The van der Waals surface area contributed by atoms with Crippen molar-refractivity contribution >= 4 is 0 Å². The number of benzene rings is 1. The first-order chi connectivity index (χ1) is 10.3. The maximum atomic E-state index is 10.7. The molecule has 1 aromatic rings. The first-order valence-electron chi connectivity index (χ1n) is 8.47. The molecule has 1 atom stereocenters. The van der Waals surface area contributed by atoms with Gasteiger partial charge in [-0.2, -0.15) is 0 Å². The summed E-state index contributed by atoms with van der Waals surface area (Å²) in [5.74, 6) is 1.99. The number of hydrogen-bond acceptors (Lipinski definition) is 3. The highest BCUT2D eigenvalue weighted by Gasteiger charge is 2.19. The average molecular weight is 307 g/mol. The maximum Gasteiger partial charge on any atom is 0.125 e. The minimum Gasteiger partial charge on any atom is -0.493 e. The number of aliphatic hydroxyl groups excluding tert-OH is 1. The van der Waals surface area contributed by atoms with Gasteiger partial charge in [-0.3, -0.25) is 4.90 Å². The van der Waals surface area contributed by atoms with E-state index in [1.165, 1.54) is 0 Å². The van der Waals surface area contributed by atoms with Crippen molar-refractivity contribution < 1.29 is 9.84 Å². The highest BCUT2D eigenvalue weighted by atomic mass is 16.5. The molecule has 0 radical (unpaired) electrons. The standard InChI is InChI=1S/C19H33NO2/c1-7-22-19-9-8-16(6)10-17(19)18(21)13-20(11-14(2)3)12-15(4)5/h8-10,14-15,18,21H,7,11-13H2,1-6H3. The minimum atomic E-state index is -0.515. The topological polar surface area (TPSA) is 32.7 Å². The Bertz CT molecular complexity index is 433. The van der Waals surface area contributed by atoms with Crippen LogP contribution >= 0.6 is 0 Å². The van der Waals surface area contributed by atoms with Gasteiger partial charge in [0.15, 0.2) is 0 Å². The Morgan fingerprint density at radius 1 is 1.05 bits per heavy atom. The summed E-state index contributed by atoms with van der Waals surface area (Å²) in [6.07, 6.45) is -0.515. The van der Waals surface area contributed by atoms with E-state index in [0.717, 1.165) is 30.0 Å². The molecule has 1 unspecified atom stereocenters. The van der Waals surface area contributed by atoms with Crippen LogP contribution in [0, 0.1) is 18.8 Å². The van der Waals surface area contributed by atoms with Gasteiger partial charge >= 0.3 is 0 Å². The summed E-state index contributed by atoms with van der Waals surface area (Å²) in [7, 11) is 0. The summed E-state index contributed by atoms with van der Waals surface area (Å²) in [5, 5.41) is 10.7. The monoisotopic (exact) mass is 307 g/mol. The lowest BCUT2D eigenvalue weighted by molar-refractivity contribution is 0.0962. The lowest BCUT2D eigenvalue weighted by atomic mass is 10.0. The van der Waals surface area contributed by atoms with Crippen LogP contribution in [0.25, 0.3) is 0 Å². The van der Waals surface area contributed by atoms with Crippen LogP contribution < -0.4 is 4.74 Å². The van der Waals surface area contributed by atoms with Gasteiger partial charge in [-0.1, -0.05) is 39.3 Å². The van der Waals surface area contributed by atoms with Gasteiger partial charge in [-0.25, -0.2) is 0 Å². The lowest BCUT2D eigenvalue weighted by Gasteiger charge is -2.29. The molecule has 0 spiro atoms.